The van der Waals surface area contributed by atoms with Crippen LogP contribution >= 0.6 is 12.4 Å². The third-order valence-corrected chi connectivity index (χ3v) is 4.93. The number of nitrogen functional groups attached to an aromatic ring is 1. The van der Waals surface area contributed by atoms with Crippen molar-refractivity contribution < 1.29 is 9.50 Å². The van der Waals surface area contributed by atoms with Crippen molar-refractivity contribution in [3.8, 4) is 11.4 Å². The molecular weight excluding hydrogens is 381 g/mol. The van der Waals surface area contributed by atoms with Gasteiger partial charge in [-0.15, -0.1) is 12.4 Å². The van der Waals surface area contributed by atoms with Crippen LogP contribution in [0.4, 0.5) is 10.2 Å². The van der Waals surface area contributed by atoms with Crippen LogP contribution in [0.5, 0.6) is 0 Å². The number of rotatable bonds is 5. The first-order chi connectivity index (χ1) is 13.0. The number of nitrogens with two attached hydrogens (primary N) is 1. The molecule has 1 aliphatic carbocycles. The molecule has 1 aromatic carbocycles. The summed E-state index contributed by atoms with van der Waals surface area (Å²) in [5.74, 6) is 1.00. The van der Waals surface area contributed by atoms with Gasteiger partial charge in [0.15, 0.2) is 22.8 Å². The van der Waals surface area contributed by atoms with Crippen LogP contribution < -0.4 is 5.73 Å². The summed E-state index contributed by atoms with van der Waals surface area (Å²) in [5.41, 5.74) is 7.16. The molecule has 6 nitrogen and oxygen atoms in total. The minimum absolute atomic E-state index is 0. The molecule has 1 aliphatic rings. The van der Waals surface area contributed by atoms with Gasteiger partial charge in [0.2, 0.25) is 0 Å². The molecule has 3 N–H and O–H groups in total. The van der Waals surface area contributed by atoms with E-state index in [1.807, 2.05) is 10.6 Å². The second-order valence-corrected chi connectivity index (χ2v) is 7.03. The maximum Gasteiger partial charge on any atom is 0.166 e. The first-order valence-corrected chi connectivity index (χ1v) is 9.20. The third kappa shape index (κ3) is 3.72. The Morgan fingerprint density at radius 3 is 2.71 bits per heavy atom. The van der Waals surface area contributed by atoms with E-state index in [-0.39, 0.29) is 24.0 Å². The summed E-state index contributed by atoms with van der Waals surface area (Å²) in [6.45, 7) is 2.73. The van der Waals surface area contributed by atoms with Crippen molar-refractivity contribution in [2.75, 3.05) is 5.73 Å². The van der Waals surface area contributed by atoms with Gasteiger partial charge in [0.05, 0.1) is 5.60 Å². The van der Waals surface area contributed by atoms with Gasteiger partial charge >= 0.3 is 0 Å². The molecule has 0 aliphatic heterocycles. The minimum Gasteiger partial charge on any atom is -0.386 e. The quantitative estimate of drug-likeness (QED) is 0.672. The molecule has 0 atom stereocenters. The Morgan fingerprint density at radius 2 is 2.07 bits per heavy atom. The van der Waals surface area contributed by atoms with Crippen LogP contribution in [0.25, 0.3) is 28.6 Å². The van der Waals surface area contributed by atoms with E-state index in [0.29, 0.717) is 34.9 Å². The summed E-state index contributed by atoms with van der Waals surface area (Å²) < 4.78 is 15.6. The SMILES string of the molecule is CCCn1c(-c2cccc(F)c2)nc2c(N)nc(/C=C/C3(O)CCC3)nc21.Cl. The predicted molar refractivity (Wildman–Crippen MR) is 111 cm³/mol. The van der Waals surface area contributed by atoms with Crippen LogP contribution in [0.2, 0.25) is 0 Å². The number of anilines is 1. The lowest BCUT2D eigenvalue weighted by molar-refractivity contribution is 0.0150. The van der Waals surface area contributed by atoms with E-state index in [2.05, 4.69) is 21.9 Å². The second-order valence-electron chi connectivity index (χ2n) is 7.03. The zero-order valence-electron chi connectivity index (χ0n) is 15.6. The molecule has 3 aromatic rings. The highest BCUT2D eigenvalue weighted by Crippen LogP contribution is 2.33. The Morgan fingerprint density at radius 1 is 1.29 bits per heavy atom. The molecule has 1 saturated carbocycles. The first-order valence-electron chi connectivity index (χ1n) is 9.20. The van der Waals surface area contributed by atoms with Crippen LogP contribution in [-0.4, -0.2) is 30.2 Å². The molecule has 2 aromatic heterocycles. The zero-order chi connectivity index (χ0) is 19.0. The van der Waals surface area contributed by atoms with Gasteiger partial charge in [0.25, 0.3) is 0 Å². The van der Waals surface area contributed by atoms with E-state index < -0.39 is 5.60 Å². The van der Waals surface area contributed by atoms with Gasteiger partial charge in [-0.25, -0.2) is 19.3 Å². The minimum atomic E-state index is -0.760. The molecule has 0 bridgehead atoms. The molecule has 8 heteroatoms. The second kappa shape index (κ2) is 7.85. The normalized spacial score (nSPS) is 15.5. The Kier molecular flexibility index (Phi) is 5.67. The average Bonchev–Trinajstić information content (AvgIpc) is 2.98. The summed E-state index contributed by atoms with van der Waals surface area (Å²) in [6.07, 6.45) is 6.83. The molecule has 0 radical (unpaired) electrons. The number of aromatic nitrogens is 4. The van der Waals surface area contributed by atoms with Crippen molar-refractivity contribution in [3.63, 3.8) is 0 Å². The Balaban J connectivity index is 0.00000225. The number of hydrogen-bond donors (Lipinski definition) is 2. The van der Waals surface area contributed by atoms with Gasteiger partial charge < -0.3 is 15.4 Å². The van der Waals surface area contributed by atoms with Gasteiger partial charge in [0, 0.05) is 12.1 Å². The largest absolute Gasteiger partial charge is 0.386 e. The smallest absolute Gasteiger partial charge is 0.166 e. The van der Waals surface area contributed by atoms with Crippen LogP contribution in [0, 0.1) is 5.82 Å². The van der Waals surface area contributed by atoms with Crippen molar-refractivity contribution in [1.82, 2.24) is 19.5 Å². The lowest BCUT2D eigenvalue weighted by Crippen LogP contribution is -2.33. The monoisotopic (exact) mass is 403 g/mol. The molecule has 148 valence electrons. The Bertz CT molecular complexity index is 1030. The van der Waals surface area contributed by atoms with Gasteiger partial charge in [-0.1, -0.05) is 19.1 Å². The Hall–Kier alpha value is -2.51. The zero-order valence-corrected chi connectivity index (χ0v) is 16.4. The van der Waals surface area contributed by atoms with Gasteiger partial charge in [0.1, 0.15) is 11.6 Å². The first kappa shape index (κ1) is 20.2. The van der Waals surface area contributed by atoms with Gasteiger partial charge in [-0.3, -0.25) is 0 Å². The lowest BCUT2D eigenvalue weighted by atomic mass is 9.80. The maximum absolute atomic E-state index is 13.7. The summed E-state index contributed by atoms with van der Waals surface area (Å²) in [7, 11) is 0. The van der Waals surface area contributed by atoms with Gasteiger partial charge in [-0.05, 0) is 50.0 Å². The van der Waals surface area contributed by atoms with Crippen LogP contribution in [0.1, 0.15) is 38.4 Å². The van der Waals surface area contributed by atoms with Crippen molar-refractivity contribution >= 4 is 35.5 Å². The van der Waals surface area contributed by atoms with Crippen molar-refractivity contribution in [2.24, 2.45) is 0 Å². The van der Waals surface area contributed by atoms with Crippen LogP contribution in [0.3, 0.4) is 0 Å². The van der Waals surface area contributed by atoms with E-state index in [4.69, 9.17) is 5.73 Å². The average molecular weight is 404 g/mol. The van der Waals surface area contributed by atoms with Gasteiger partial charge in [-0.2, -0.15) is 0 Å². The van der Waals surface area contributed by atoms with Crippen LogP contribution in [-0.2, 0) is 6.54 Å². The number of nitrogens with zero attached hydrogens (tertiary/aromatic N) is 4. The molecule has 0 amide bonds. The highest BCUT2D eigenvalue weighted by molar-refractivity contribution is 5.86. The number of benzene rings is 1. The fraction of sp³-hybridized carbons (Fsp3) is 0.350. The molecule has 1 fully saturated rings. The number of halogens is 2. The number of fused-ring (bicyclic) bond motifs is 1. The predicted octanol–water partition coefficient (Wildman–Crippen LogP) is 3.97. The summed E-state index contributed by atoms with van der Waals surface area (Å²) >= 11 is 0. The van der Waals surface area contributed by atoms with Crippen molar-refractivity contribution in [2.45, 2.75) is 44.8 Å². The molecule has 0 saturated heterocycles. The van der Waals surface area contributed by atoms with E-state index in [0.717, 1.165) is 25.7 Å². The number of aryl methyl sites for hydroxylation is 1. The highest BCUT2D eigenvalue weighted by Gasteiger charge is 2.31. The fourth-order valence-electron chi connectivity index (χ4n) is 3.33. The van der Waals surface area contributed by atoms with E-state index >= 15 is 0 Å². The molecule has 0 unspecified atom stereocenters. The van der Waals surface area contributed by atoms with Crippen molar-refractivity contribution in [1.29, 1.82) is 0 Å². The lowest BCUT2D eigenvalue weighted by Gasteiger charge is -2.33. The molecule has 0 spiro atoms. The Labute approximate surface area is 168 Å². The third-order valence-electron chi connectivity index (χ3n) is 4.93. The molecule has 28 heavy (non-hydrogen) atoms. The molecule has 4 rings (SSSR count). The summed E-state index contributed by atoms with van der Waals surface area (Å²) in [4.78, 5) is 13.5. The summed E-state index contributed by atoms with van der Waals surface area (Å²) in [5, 5.41) is 10.2. The fourth-order valence-corrected chi connectivity index (χ4v) is 3.33. The standard InChI is InChI=1S/C20H22FN5O.ClH/c1-2-11-26-18(13-5-3-6-14(21)12-13)25-16-17(22)23-15(24-19(16)26)7-10-20(27)8-4-9-20;/h3,5-7,10,12,27H,2,4,8-9,11H2,1H3,(H2,22,23,24);1H/b10-7+;. The van der Waals surface area contributed by atoms with E-state index in [1.165, 1.54) is 12.1 Å². The van der Waals surface area contributed by atoms with E-state index in [9.17, 15) is 9.50 Å². The van der Waals surface area contributed by atoms with E-state index in [1.54, 1.807) is 18.2 Å². The number of aliphatic hydroxyl groups is 1. The topological polar surface area (TPSA) is 89.9 Å². The van der Waals surface area contributed by atoms with Crippen molar-refractivity contribution in [3.05, 3.63) is 42.0 Å². The molecular formula is C20H23ClFN5O. The molecule has 2 heterocycles. The number of imidazole rings is 1. The number of hydrogen-bond acceptors (Lipinski definition) is 5. The van der Waals surface area contributed by atoms with Crippen LogP contribution in [0.15, 0.2) is 30.3 Å². The summed E-state index contributed by atoms with van der Waals surface area (Å²) in [6, 6.07) is 6.32. The maximum atomic E-state index is 13.7. The highest BCUT2D eigenvalue weighted by atomic mass is 35.5.